The van der Waals surface area contributed by atoms with Crippen molar-refractivity contribution in [2.24, 2.45) is 0 Å². The van der Waals surface area contributed by atoms with Crippen LogP contribution in [-0.2, 0) is 4.79 Å². The van der Waals surface area contributed by atoms with Gasteiger partial charge < -0.3 is 15.5 Å². The van der Waals surface area contributed by atoms with E-state index in [-0.39, 0.29) is 0 Å². The molecular formula is C8H11N3O4S. The second kappa shape index (κ2) is 5.42. The summed E-state index contributed by atoms with van der Waals surface area (Å²) in [5.74, 6) is -1.30. The molecule has 0 bridgehead atoms. The molecule has 1 heterocycles. The minimum Gasteiger partial charge on any atom is -0.480 e. The number of aromatic nitrogens is 1. The van der Waals surface area contributed by atoms with Crippen LogP contribution < -0.4 is 10.6 Å². The third-order valence-corrected chi connectivity index (χ3v) is 2.46. The predicted octanol–water partition coefficient (Wildman–Crippen LogP) is 0.0185. The van der Waals surface area contributed by atoms with Crippen LogP contribution in [0.1, 0.15) is 4.88 Å². The van der Waals surface area contributed by atoms with Crippen LogP contribution in [0.3, 0.4) is 0 Å². The molecule has 2 amide bonds. The van der Waals surface area contributed by atoms with Gasteiger partial charge in [0.15, 0.2) is 11.2 Å². The van der Waals surface area contributed by atoms with Crippen molar-refractivity contribution in [2.75, 3.05) is 11.9 Å². The first kappa shape index (κ1) is 12.4. The highest BCUT2D eigenvalue weighted by Crippen LogP contribution is 2.15. The van der Waals surface area contributed by atoms with Crippen molar-refractivity contribution in [3.8, 4) is 0 Å². The molecule has 0 aliphatic heterocycles. The topological polar surface area (TPSA) is 112 Å². The number of rotatable bonds is 4. The Morgan fingerprint density at radius 1 is 1.62 bits per heavy atom. The van der Waals surface area contributed by atoms with Gasteiger partial charge in [-0.25, -0.2) is 14.6 Å². The van der Waals surface area contributed by atoms with Crippen molar-refractivity contribution >= 4 is 28.5 Å². The maximum absolute atomic E-state index is 11.3. The first-order valence-corrected chi connectivity index (χ1v) is 5.18. The number of carbonyl (C=O) groups is 2. The van der Waals surface area contributed by atoms with E-state index in [1.54, 1.807) is 6.20 Å². The van der Waals surface area contributed by atoms with Crippen LogP contribution >= 0.6 is 11.3 Å². The van der Waals surface area contributed by atoms with E-state index >= 15 is 0 Å². The number of nitrogens with zero attached hydrogens (tertiary/aromatic N) is 1. The molecule has 1 rings (SSSR count). The summed E-state index contributed by atoms with van der Waals surface area (Å²) in [5.41, 5.74) is 0. The van der Waals surface area contributed by atoms with Gasteiger partial charge in [-0.05, 0) is 6.92 Å². The molecule has 0 spiro atoms. The van der Waals surface area contributed by atoms with E-state index in [0.29, 0.717) is 5.13 Å². The molecule has 1 aromatic rings. The second-order valence-electron chi connectivity index (χ2n) is 2.95. The van der Waals surface area contributed by atoms with Gasteiger partial charge in [-0.2, -0.15) is 0 Å². The quantitative estimate of drug-likeness (QED) is 0.597. The Kier molecular flexibility index (Phi) is 4.20. The molecule has 4 N–H and O–H groups in total. The van der Waals surface area contributed by atoms with Crippen molar-refractivity contribution in [1.29, 1.82) is 0 Å². The maximum atomic E-state index is 11.3. The van der Waals surface area contributed by atoms with Gasteiger partial charge in [-0.15, -0.1) is 11.3 Å². The van der Waals surface area contributed by atoms with Crippen molar-refractivity contribution in [1.82, 2.24) is 10.3 Å². The molecular weight excluding hydrogens is 234 g/mol. The number of thiazole rings is 1. The maximum Gasteiger partial charge on any atom is 0.328 e. The molecule has 0 radical (unpaired) electrons. The smallest absolute Gasteiger partial charge is 0.328 e. The minimum atomic E-state index is -1.32. The van der Waals surface area contributed by atoms with Crippen LogP contribution in [0.15, 0.2) is 6.20 Å². The fraction of sp³-hybridized carbons (Fsp3) is 0.375. The molecule has 0 fully saturated rings. The van der Waals surface area contributed by atoms with Gasteiger partial charge in [0, 0.05) is 11.1 Å². The van der Waals surface area contributed by atoms with Gasteiger partial charge in [-0.3, -0.25) is 5.32 Å². The lowest BCUT2D eigenvalue weighted by atomic mass is 10.3. The summed E-state index contributed by atoms with van der Waals surface area (Å²) >= 11 is 1.27. The lowest BCUT2D eigenvalue weighted by molar-refractivity contribution is -0.140. The Morgan fingerprint density at radius 2 is 2.31 bits per heavy atom. The Balaban J connectivity index is 2.50. The van der Waals surface area contributed by atoms with Gasteiger partial charge in [0.2, 0.25) is 0 Å². The van der Waals surface area contributed by atoms with Gasteiger partial charge >= 0.3 is 12.0 Å². The summed E-state index contributed by atoms with van der Waals surface area (Å²) in [6.45, 7) is 1.16. The standard InChI is InChI=1S/C8H11N3O4S/c1-4-2-9-8(16-4)11-7(15)10-5(3-12)6(13)14/h2,5,12H,3H2,1H3,(H,13,14)(H2,9,10,11,15). The first-order valence-electron chi connectivity index (χ1n) is 4.36. The van der Waals surface area contributed by atoms with Crippen molar-refractivity contribution in [3.63, 3.8) is 0 Å². The summed E-state index contributed by atoms with van der Waals surface area (Å²) in [4.78, 5) is 26.6. The number of hydrogen-bond acceptors (Lipinski definition) is 5. The molecule has 0 aromatic carbocycles. The number of aliphatic hydroxyl groups is 1. The van der Waals surface area contributed by atoms with Crippen molar-refractivity contribution < 1.29 is 19.8 Å². The van der Waals surface area contributed by atoms with E-state index in [4.69, 9.17) is 10.2 Å². The van der Waals surface area contributed by atoms with Gasteiger partial charge in [-0.1, -0.05) is 0 Å². The average Bonchev–Trinajstić information content (AvgIpc) is 2.60. The molecule has 1 unspecified atom stereocenters. The number of amides is 2. The number of anilines is 1. The van der Waals surface area contributed by atoms with Crippen LogP contribution in [0.5, 0.6) is 0 Å². The monoisotopic (exact) mass is 245 g/mol. The van der Waals surface area contributed by atoms with Crippen LogP contribution in [0, 0.1) is 6.92 Å². The predicted molar refractivity (Wildman–Crippen MR) is 57.5 cm³/mol. The molecule has 88 valence electrons. The van der Waals surface area contributed by atoms with E-state index in [9.17, 15) is 9.59 Å². The highest BCUT2D eigenvalue weighted by molar-refractivity contribution is 7.15. The number of hydrogen-bond donors (Lipinski definition) is 4. The van der Waals surface area contributed by atoms with Crippen LogP contribution in [0.4, 0.5) is 9.93 Å². The number of urea groups is 1. The van der Waals surface area contributed by atoms with Crippen LogP contribution in [0.2, 0.25) is 0 Å². The highest BCUT2D eigenvalue weighted by atomic mass is 32.1. The zero-order valence-electron chi connectivity index (χ0n) is 8.43. The van der Waals surface area contributed by atoms with E-state index in [2.05, 4.69) is 15.6 Å². The fourth-order valence-corrected chi connectivity index (χ4v) is 1.55. The van der Waals surface area contributed by atoms with Crippen LogP contribution in [-0.4, -0.2) is 39.8 Å². The van der Waals surface area contributed by atoms with Gasteiger partial charge in [0.1, 0.15) is 0 Å². The Hall–Kier alpha value is -1.67. The van der Waals surface area contributed by atoms with Crippen molar-refractivity contribution in [3.05, 3.63) is 11.1 Å². The Labute approximate surface area is 95.1 Å². The number of carboxylic acid groups (broad SMARTS) is 1. The lowest BCUT2D eigenvalue weighted by Crippen LogP contribution is -2.45. The number of aliphatic carboxylic acids is 1. The molecule has 16 heavy (non-hydrogen) atoms. The van der Waals surface area contributed by atoms with E-state index in [1.165, 1.54) is 11.3 Å². The highest BCUT2D eigenvalue weighted by Gasteiger charge is 2.18. The number of nitrogens with one attached hydrogen (secondary N) is 2. The lowest BCUT2D eigenvalue weighted by Gasteiger charge is -2.11. The van der Waals surface area contributed by atoms with Gasteiger partial charge in [0.25, 0.3) is 0 Å². The number of aliphatic hydroxyl groups excluding tert-OH is 1. The largest absolute Gasteiger partial charge is 0.480 e. The molecule has 0 aliphatic carbocycles. The zero-order valence-corrected chi connectivity index (χ0v) is 9.24. The summed E-state index contributed by atoms with van der Waals surface area (Å²) in [5, 5.41) is 22.1. The Bertz CT molecular complexity index is 392. The van der Waals surface area contributed by atoms with Crippen molar-refractivity contribution in [2.45, 2.75) is 13.0 Å². The minimum absolute atomic E-state index is 0.372. The molecule has 7 nitrogen and oxygen atoms in total. The normalized spacial score (nSPS) is 11.9. The summed E-state index contributed by atoms with van der Waals surface area (Å²) in [6, 6.07) is -2.03. The third-order valence-electron chi connectivity index (χ3n) is 1.63. The molecule has 0 saturated heterocycles. The zero-order chi connectivity index (χ0) is 12.1. The molecule has 1 aromatic heterocycles. The van der Waals surface area contributed by atoms with E-state index in [1.807, 2.05) is 6.92 Å². The number of carbonyl (C=O) groups excluding carboxylic acids is 1. The fourth-order valence-electron chi connectivity index (χ4n) is 0.889. The molecule has 8 heteroatoms. The average molecular weight is 245 g/mol. The molecule has 0 saturated carbocycles. The Morgan fingerprint density at radius 3 is 2.75 bits per heavy atom. The second-order valence-corrected chi connectivity index (χ2v) is 4.18. The summed E-state index contributed by atoms with van der Waals surface area (Å²) < 4.78 is 0. The van der Waals surface area contributed by atoms with E-state index in [0.717, 1.165) is 4.88 Å². The number of carboxylic acids is 1. The van der Waals surface area contributed by atoms with Gasteiger partial charge in [0.05, 0.1) is 6.61 Å². The SMILES string of the molecule is Cc1cnc(NC(=O)NC(CO)C(=O)O)s1. The van der Waals surface area contributed by atoms with E-state index < -0.39 is 24.6 Å². The molecule has 0 aliphatic rings. The molecule has 1 atom stereocenters. The summed E-state index contributed by atoms with van der Waals surface area (Å²) in [7, 11) is 0. The third kappa shape index (κ3) is 3.48. The van der Waals surface area contributed by atoms with Crippen LogP contribution in [0.25, 0.3) is 0 Å². The number of aryl methyl sites for hydroxylation is 1. The summed E-state index contributed by atoms with van der Waals surface area (Å²) in [6.07, 6.45) is 1.58. The first-order chi connectivity index (χ1) is 7.52.